The Morgan fingerprint density at radius 2 is 2.22 bits per heavy atom. The number of nitrogens with zero attached hydrogens (tertiary/aromatic N) is 1. The van der Waals surface area contributed by atoms with E-state index in [1.165, 1.54) is 0 Å². The molecule has 1 amide bonds. The first kappa shape index (κ1) is 11.9. The quantitative estimate of drug-likeness (QED) is 0.773. The van der Waals surface area contributed by atoms with Crippen LogP contribution in [0.3, 0.4) is 0 Å². The second kappa shape index (κ2) is 5.15. The Bertz CT molecular complexity index is 670. The zero-order valence-corrected chi connectivity index (χ0v) is 9.51. The van der Waals surface area contributed by atoms with Crippen LogP contribution in [-0.2, 0) is 11.2 Å². The predicted molar refractivity (Wildman–Crippen MR) is 66.9 cm³/mol. The van der Waals surface area contributed by atoms with Gasteiger partial charge in [0.2, 0.25) is 6.41 Å². The highest BCUT2D eigenvalue weighted by atomic mass is 16.1. The number of rotatable bonds is 4. The lowest BCUT2D eigenvalue weighted by molar-refractivity contribution is -0.109. The van der Waals surface area contributed by atoms with Crippen LogP contribution < -0.4 is 10.9 Å². The molecule has 0 aliphatic heterocycles. The number of nitrogens with one attached hydrogen (secondary N) is 2. The summed E-state index contributed by atoms with van der Waals surface area (Å²) in [5, 5.41) is 12.1. The van der Waals surface area contributed by atoms with Crippen molar-refractivity contribution in [2.45, 2.75) is 12.5 Å². The Kier molecular flexibility index (Phi) is 3.39. The number of hydrogen-bond donors (Lipinski definition) is 2. The van der Waals surface area contributed by atoms with Crippen molar-refractivity contribution in [2.75, 3.05) is 0 Å². The van der Waals surface area contributed by atoms with Crippen LogP contribution in [0.4, 0.5) is 0 Å². The van der Waals surface area contributed by atoms with Crippen molar-refractivity contribution >= 4 is 17.3 Å². The molecule has 0 aliphatic carbocycles. The van der Waals surface area contributed by atoms with Gasteiger partial charge in [-0.3, -0.25) is 9.59 Å². The zero-order chi connectivity index (χ0) is 13.0. The largest absolute Gasteiger partial charge is 0.343 e. The third kappa shape index (κ3) is 2.38. The van der Waals surface area contributed by atoms with Gasteiger partial charge in [0.15, 0.2) is 0 Å². The van der Waals surface area contributed by atoms with Gasteiger partial charge in [0, 0.05) is 17.5 Å². The Morgan fingerprint density at radius 3 is 2.94 bits per heavy atom. The molecule has 1 atom stereocenters. The van der Waals surface area contributed by atoms with E-state index in [1.807, 2.05) is 30.3 Å². The first-order chi connectivity index (χ1) is 8.74. The summed E-state index contributed by atoms with van der Waals surface area (Å²) in [4.78, 5) is 24.9. The summed E-state index contributed by atoms with van der Waals surface area (Å²) >= 11 is 0. The van der Waals surface area contributed by atoms with Crippen LogP contribution >= 0.6 is 0 Å². The van der Waals surface area contributed by atoms with Crippen LogP contribution in [0.2, 0.25) is 0 Å². The van der Waals surface area contributed by atoms with Gasteiger partial charge in [-0.2, -0.15) is 5.26 Å². The molecule has 0 bridgehead atoms. The molecule has 18 heavy (non-hydrogen) atoms. The minimum absolute atomic E-state index is 0.190. The molecule has 0 spiro atoms. The van der Waals surface area contributed by atoms with Crippen LogP contribution in [0.1, 0.15) is 5.56 Å². The van der Waals surface area contributed by atoms with E-state index in [1.54, 1.807) is 6.07 Å². The molecule has 1 unspecified atom stereocenters. The molecule has 90 valence electrons. The number of para-hydroxylation sites is 1. The second-order valence-electron chi connectivity index (χ2n) is 3.88. The number of amides is 1. The molecular formula is C13H11N3O2. The number of pyridine rings is 1. The van der Waals surface area contributed by atoms with E-state index in [4.69, 9.17) is 5.26 Å². The molecule has 0 radical (unpaired) electrons. The number of aromatic nitrogens is 1. The SMILES string of the molecule is N#CC(Cc1cc2ccccc2[nH]c1=O)NC=O. The van der Waals surface area contributed by atoms with E-state index >= 15 is 0 Å². The van der Waals surface area contributed by atoms with Gasteiger partial charge in [0.05, 0.1) is 6.07 Å². The van der Waals surface area contributed by atoms with Crippen LogP contribution in [0.15, 0.2) is 35.1 Å². The molecule has 1 aromatic carbocycles. The highest BCUT2D eigenvalue weighted by Crippen LogP contribution is 2.10. The second-order valence-corrected chi connectivity index (χ2v) is 3.88. The molecule has 0 saturated carbocycles. The Hall–Kier alpha value is -2.61. The van der Waals surface area contributed by atoms with Gasteiger partial charge in [0.25, 0.3) is 5.56 Å². The lowest BCUT2D eigenvalue weighted by Crippen LogP contribution is -2.30. The van der Waals surface area contributed by atoms with Gasteiger partial charge in [0.1, 0.15) is 6.04 Å². The number of carbonyl (C=O) groups is 1. The first-order valence-electron chi connectivity index (χ1n) is 5.45. The van der Waals surface area contributed by atoms with Crippen molar-refractivity contribution < 1.29 is 4.79 Å². The van der Waals surface area contributed by atoms with Crippen LogP contribution in [0.25, 0.3) is 10.9 Å². The molecular weight excluding hydrogens is 230 g/mol. The fraction of sp³-hybridized carbons (Fsp3) is 0.154. The number of hydrogen-bond acceptors (Lipinski definition) is 3. The smallest absolute Gasteiger partial charge is 0.251 e. The summed E-state index contributed by atoms with van der Waals surface area (Å²) < 4.78 is 0. The molecule has 0 saturated heterocycles. The number of nitriles is 1. The maximum Gasteiger partial charge on any atom is 0.251 e. The molecule has 1 heterocycles. The Morgan fingerprint density at radius 1 is 1.44 bits per heavy atom. The van der Waals surface area contributed by atoms with Gasteiger partial charge < -0.3 is 10.3 Å². The number of H-pyrrole nitrogens is 1. The molecule has 0 aliphatic rings. The van der Waals surface area contributed by atoms with E-state index in [2.05, 4.69) is 10.3 Å². The predicted octanol–water partition coefficient (Wildman–Crippen LogP) is 0.709. The average molecular weight is 241 g/mol. The summed E-state index contributed by atoms with van der Waals surface area (Å²) in [5.41, 5.74) is 0.999. The van der Waals surface area contributed by atoms with E-state index in [0.29, 0.717) is 12.0 Å². The summed E-state index contributed by atoms with van der Waals surface area (Å²) in [5.74, 6) is 0. The molecule has 5 heteroatoms. The number of benzene rings is 1. The van der Waals surface area contributed by atoms with Crippen LogP contribution in [-0.4, -0.2) is 17.4 Å². The standard InChI is InChI=1S/C13H11N3O2/c14-7-11(15-8-17)6-10-5-9-3-1-2-4-12(9)16-13(10)18/h1-5,8,11H,6H2,(H,15,17)(H,16,18). The monoisotopic (exact) mass is 241 g/mol. The first-order valence-corrected chi connectivity index (χ1v) is 5.45. The number of carbonyl (C=O) groups excluding carboxylic acids is 1. The summed E-state index contributed by atoms with van der Waals surface area (Å²) in [6.07, 6.45) is 0.651. The maximum absolute atomic E-state index is 11.8. The molecule has 5 nitrogen and oxygen atoms in total. The van der Waals surface area contributed by atoms with Crippen molar-refractivity contribution in [1.29, 1.82) is 5.26 Å². The Labute approximate surface area is 103 Å². The number of aromatic amines is 1. The van der Waals surface area contributed by atoms with Crippen LogP contribution in [0, 0.1) is 11.3 Å². The highest BCUT2D eigenvalue weighted by molar-refractivity contribution is 5.78. The summed E-state index contributed by atoms with van der Waals surface area (Å²) in [7, 11) is 0. The van der Waals surface area contributed by atoms with Crippen molar-refractivity contribution in [3.8, 4) is 6.07 Å². The third-order valence-electron chi connectivity index (χ3n) is 2.68. The lowest BCUT2D eigenvalue weighted by atomic mass is 10.1. The van der Waals surface area contributed by atoms with Gasteiger partial charge >= 0.3 is 0 Å². The van der Waals surface area contributed by atoms with Crippen molar-refractivity contribution in [2.24, 2.45) is 0 Å². The topological polar surface area (TPSA) is 85.8 Å². The molecule has 0 fully saturated rings. The van der Waals surface area contributed by atoms with Gasteiger partial charge in [-0.1, -0.05) is 18.2 Å². The average Bonchev–Trinajstić information content (AvgIpc) is 2.39. The third-order valence-corrected chi connectivity index (χ3v) is 2.68. The minimum atomic E-state index is -0.690. The molecule has 2 N–H and O–H groups in total. The lowest BCUT2D eigenvalue weighted by Gasteiger charge is -2.07. The maximum atomic E-state index is 11.8. The summed E-state index contributed by atoms with van der Waals surface area (Å²) in [6, 6.07) is 10.4. The van der Waals surface area contributed by atoms with Crippen LogP contribution in [0.5, 0.6) is 0 Å². The fourth-order valence-electron chi connectivity index (χ4n) is 1.79. The van der Waals surface area contributed by atoms with Crippen molar-refractivity contribution in [3.63, 3.8) is 0 Å². The fourth-order valence-corrected chi connectivity index (χ4v) is 1.79. The molecule has 2 rings (SSSR count). The van der Waals surface area contributed by atoms with E-state index in [-0.39, 0.29) is 12.0 Å². The van der Waals surface area contributed by atoms with E-state index in [9.17, 15) is 9.59 Å². The van der Waals surface area contributed by atoms with Gasteiger partial charge in [-0.05, 0) is 17.5 Å². The van der Waals surface area contributed by atoms with E-state index < -0.39 is 6.04 Å². The minimum Gasteiger partial charge on any atom is -0.343 e. The van der Waals surface area contributed by atoms with E-state index in [0.717, 1.165) is 10.9 Å². The van der Waals surface area contributed by atoms with Gasteiger partial charge in [-0.15, -0.1) is 0 Å². The van der Waals surface area contributed by atoms with Gasteiger partial charge in [-0.25, -0.2) is 0 Å². The number of fused-ring (bicyclic) bond motifs is 1. The Balaban J connectivity index is 2.39. The molecule has 1 aromatic heterocycles. The molecule has 2 aromatic rings. The van der Waals surface area contributed by atoms with Crippen molar-refractivity contribution in [1.82, 2.24) is 10.3 Å². The highest BCUT2D eigenvalue weighted by Gasteiger charge is 2.10. The zero-order valence-electron chi connectivity index (χ0n) is 9.51. The summed E-state index contributed by atoms with van der Waals surface area (Å²) in [6.45, 7) is 0. The normalized spacial score (nSPS) is 11.7. The van der Waals surface area contributed by atoms with Crippen molar-refractivity contribution in [3.05, 3.63) is 46.2 Å².